The van der Waals surface area contributed by atoms with Crippen molar-refractivity contribution in [3.05, 3.63) is 96.1 Å². The average molecular weight is 548 g/mol. The molecule has 0 saturated carbocycles. The van der Waals surface area contributed by atoms with Gasteiger partial charge in [-0.1, -0.05) is 60.7 Å². The first-order chi connectivity index (χ1) is 17.6. The van der Waals surface area contributed by atoms with Gasteiger partial charge in [0.05, 0.1) is 7.11 Å². The molecule has 1 atom stereocenters. The van der Waals surface area contributed by atoms with E-state index in [1.807, 2.05) is 72.8 Å². The molecule has 0 unspecified atom stereocenters. The van der Waals surface area contributed by atoms with Gasteiger partial charge in [0.25, 0.3) is 0 Å². The van der Waals surface area contributed by atoms with E-state index in [1.54, 1.807) is 12.1 Å². The Morgan fingerprint density at radius 2 is 1.41 bits per heavy atom. The maximum absolute atomic E-state index is 12.9. The highest BCUT2D eigenvalue weighted by Gasteiger charge is 2.24. The number of alkyl carbamates (subject to hydrolysis) is 1. The first kappa shape index (κ1) is 29.8. The van der Waals surface area contributed by atoms with Crippen LogP contribution in [0.2, 0.25) is 0 Å². The quantitative estimate of drug-likeness (QED) is 0.142. The van der Waals surface area contributed by atoms with Crippen LogP contribution in [-0.2, 0) is 48.0 Å². The smallest absolute Gasteiger partial charge is 0.408 e. The highest BCUT2D eigenvalue weighted by atomic mass is 32.3. The van der Waals surface area contributed by atoms with Crippen LogP contribution in [0.1, 0.15) is 11.1 Å². The molecule has 3 aromatic carbocycles. The molecule has 0 aromatic heterocycles. The van der Waals surface area contributed by atoms with E-state index in [-0.39, 0.29) is 17.5 Å². The van der Waals surface area contributed by atoms with Crippen LogP contribution in [-0.4, -0.2) is 50.7 Å². The van der Waals surface area contributed by atoms with Gasteiger partial charge in [-0.3, -0.25) is 4.18 Å². The highest BCUT2D eigenvalue weighted by Crippen LogP contribution is 2.17. The standard InChI is InChI=1S/C25H25NO4S.CH4O4S/c1-31(2)22-15-13-21(14-16-22)30-24(27)23(17-19-9-5-3-6-10-19)26-25(28)29-18-20-11-7-4-8-12-20;1-5-6(2,3)4/h3-16,23H,17-18H2,1-2H3;1H3,(H,2,3,4)/t23-;/m0./s1. The van der Waals surface area contributed by atoms with E-state index in [0.29, 0.717) is 12.2 Å². The monoisotopic (exact) mass is 547 g/mol. The lowest BCUT2D eigenvalue weighted by atomic mass is 10.1. The van der Waals surface area contributed by atoms with Gasteiger partial charge < -0.3 is 19.3 Å². The van der Waals surface area contributed by atoms with E-state index in [1.165, 1.54) is 4.90 Å². The van der Waals surface area contributed by atoms with Crippen molar-refractivity contribution >= 4 is 33.4 Å². The molecule has 0 radical (unpaired) electrons. The van der Waals surface area contributed by atoms with Crippen LogP contribution in [0, 0.1) is 0 Å². The molecule has 0 aliphatic carbocycles. The maximum atomic E-state index is 12.9. The van der Waals surface area contributed by atoms with Crippen molar-refractivity contribution in [3.8, 4) is 5.75 Å². The lowest BCUT2D eigenvalue weighted by Crippen LogP contribution is -2.44. The van der Waals surface area contributed by atoms with Crippen molar-refractivity contribution < 1.29 is 36.2 Å². The molecule has 37 heavy (non-hydrogen) atoms. The summed E-state index contributed by atoms with van der Waals surface area (Å²) < 4.78 is 41.8. The number of hydrogen-bond acceptors (Lipinski definition) is 8. The summed E-state index contributed by atoms with van der Waals surface area (Å²) >= 11 is 0. The zero-order valence-corrected chi connectivity index (χ0v) is 22.3. The Labute approximate surface area is 220 Å². The van der Waals surface area contributed by atoms with Gasteiger partial charge in [-0.05, 0) is 35.4 Å². The maximum Gasteiger partial charge on any atom is 0.408 e. The van der Waals surface area contributed by atoms with E-state index in [4.69, 9.17) is 9.47 Å². The summed E-state index contributed by atoms with van der Waals surface area (Å²) in [5, 5.41) is 2.65. The summed E-state index contributed by atoms with van der Waals surface area (Å²) in [6.07, 6.45) is 3.88. The minimum atomic E-state index is -4.41. The Balaban J connectivity index is 0.000000717. The Morgan fingerprint density at radius 1 is 0.892 bits per heavy atom. The topological polar surface area (TPSA) is 131 Å². The molecule has 3 rings (SSSR count). The van der Waals surface area contributed by atoms with Gasteiger partial charge in [-0.15, -0.1) is 0 Å². The fourth-order valence-corrected chi connectivity index (χ4v) is 3.60. The molecule has 1 N–H and O–H groups in total. The molecule has 11 heteroatoms. The van der Waals surface area contributed by atoms with E-state index in [0.717, 1.165) is 18.2 Å². The summed E-state index contributed by atoms with van der Waals surface area (Å²) in [5.41, 5.74) is 1.77. The Bertz CT molecular complexity index is 1220. The van der Waals surface area contributed by atoms with Crippen molar-refractivity contribution in [2.75, 3.05) is 19.6 Å². The number of benzene rings is 3. The molecule has 0 heterocycles. The van der Waals surface area contributed by atoms with Crippen molar-refractivity contribution in [2.24, 2.45) is 0 Å². The number of carbonyl (C=O) groups is 2. The van der Waals surface area contributed by atoms with Crippen molar-refractivity contribution in [3.63, 3.8) is 0 Å². The average Bonchev–Trinajstić information content (AvgIpc) is 2.88. The number of nitrogens with one attached hydrogen (secondary N) is 1. The lowest BCUT2D eigenvalue weighted by molar-refractivity contribution is -0.136. The number of ether oxygens (including phenoxy) is 2. The third kappa shape index (κ3) is 11.9. The van der Waals surface area contributed by atoms with E-state index in [2.05, 4.69) is 22.0 Å². The fourth-order valence-electron chi connectivity index (χ4n) is 2.92. The zero-order valence-electron chi connectivity index (χ0n) is 20.7. The van der Waals surface area contributed by atoms with Gasteiger partial charge in [0, 0.05) is 17.3 Å². The Morgan fingerprint density at radius 3 is 1.89 bits per heavy atom. The van der Waals surface area contributed by atoms with Crippen molar-refractivity contribution in [2.45, 2.75) is 24.0 Å². The van der Waals surface area contributed by atoms with Gasteiger partial charge in [0.2, 0.25) is 10.4 Å². The van der Waals surface area contributed by atoms with Crippen LogP contribution in [0.3, 0.4) is 0 Å². The van der Waals surface area contributed by atoms with Crippen LogP contribution < -0.4 is 10.1 Å². The molecule has 1 amide bonds. The van der Waals surface area contributed by atoms with Gasteiger partial charge in [-0.2, -0.15) is 0 Å². The van der Waals surface area contributed by atoms with Crippen LogP contribution in [0.5, 0.6) is 5.75 Å². The second-order valence-corrected chi connectivity index (χ2v) is 11.0. The van der Waals surface area contributed by atoms with Crippen LogP contribution in [0.15, 0.2) is 89.8 Å². The van der Waals surface area contributed by atoms with E-state index >= 15 is 0 Å². The summed E-state index contributed by atoms with van der Waals surface area (Å²) in [4.78, 5) is 26.4. The highest BCUT2D eigenvalue weighted by molar-refractivity contribution is 7.95. The number of rotatable bonds is 9. The largest absolute Gasteiger partial charge is 0.726 e. The van der Waals surface area contributed by atoms with Crippen molar-refractivity contribution in [1.29, 1.82) is 0 Å². The van der Waals surface area contributed by atoms with Gasteiger partial charge >= 0.3 is 12.1 Å². The van der Waals surface area contributed by atoms with Crippen molar-refractivity contribution in [1.82, 2.24) is 5.32 Å². The number of amides is 1. The molecule has 0 aliphatic rings. The third-order valence-corrected chi connectivity index (χ3v) is 6.41. The summed E-state index contributed by atoms with van der Waals surface area (Å²) in [6.45, 7) is 0.122. The SMILES string of the molecule is COS(=O)(=O)[O-].C[S+](C)c1ccc(OC(=O)[C@H](Cc2ccccc2)NC(=O)OCc2ccccc2)cc1. The number of esters is 1. The first-order valence-electron chi connectivity index (χ1n) is 11.0. The summed E-state index contributed by atoms with van der Waals surface area (Å²) in [6, 6.07) is 25.4. The van der Waals surface area contributed by atoms with Crippen LogP contribution in [0.25, 0.3) is 0 Å². The van der Waals surface area contributed by atoms with E-state index < -0.39 is 28.5 Å². The molecule has 0 saturated heterocycles. The van der Waals surface area contributed by atoms with E-state index in [9.17, 15) is 22.6 Å². The minimum absolute atomic E-state index is 0.122. The molecule has 9 nitrogen and oxygen atoms in total. The normalized spacial score (nSPS) is 11.6. The molecular formula is C26H29NO8S2. The van der Waals surface area contributed by atoms with Gasteiger partial charge in [0.15, 0.2) is 4.90 Å². The molecule has 0 spiro atoms. The number of carbonyl (C=O) groups excluding carboxylic acids is 2. The fraction of sp³-hybridized carbons (Fsp3) is 0.231. The first-order valence-corrected chi connectivity index (χ1v) is 14.4. The zero-order chi connectivity index (χ0) is 27.3. The van der Waals surface area contributed by atoms with Crippen LogP contribution in [0.4, 0.5) is 4.79 Å². The number of hydrogen-bond donors (Lipinski definition) is 1. The predicted octanol–water partition coefficient (Wildman–Crippen LogP) is 3.46. The minimum Gasteiger partial charge on any atom is -0.726 e. The summed E-state index contributed by atoms with van der Waals surface area (Å²) in [5.74, 6) is -0.100. The molecule has 0 aliphatic heterocycles. The third-order valence-electron chi connectivity index (χ3n) is 4.79. The predicted molar refractivity (Wildman–Crippen MR) is 140 cm³/mol. The van der Waals surface area contributed by atoms with Gasteiger partial charge in [-0.25, -0.2) is 18.0 Å². The van der Waals surface area contributed by atoms with Crippen LogP contribution >= 0.6 is 0 Å². The summed E-state index contributed by atoms with van der Waals surface area (Å²) in [7, 11) is -3.48. The second kappa shape index (κ2) is 15.0. The molecule has 0 fully saturated rings. The molecule has 198 valence electrons. The lowest BCUT2D eigenvalue weighted by Gasteiger charge is -2.18. The second-order valence-electron chi connectivity index (χ2n) is 7.73. The van der Waals surface area contributed by atoms with Gasteiger partial charge in [0.1, 0.15) is 30.9 Å². The molecule has 3 aromatic rings. The molecule has 0 bridgehead atoms. The Hall–Kier alpha value is -3.38. The molecular weight excluding hydrogens is 518 g/mol. The Kier molecular flexibility index (Phi) is 12.1.